The van der Waals surface area contributed by atoms with Crippen LogP contribution in [0.15, 0.2) is 41.2 Å². The van der Waals surface area contributed by atoms with Crippen molar-refractivity contribution in [3.05, 3.63) is 75.1 Å². The summed E-state index contributed by atoms with van der Waals surface area (Å²) in [6.45, 7) is 4.00. The Morgan fingerprint density at radius 3 is 2.54 bits per heavy atom. The molecule has 1 N–H and O–H groups in total. The van der Waals surface area contributed by atoms with E-state index in [0.29, 0.717) is 16.8 Å². The van der Waals surface area contributed by atoms with Crippen LogP contribution in [0.5, 0.6) is 0 Å². The molecule has 0 amide bonds. The summed E-state index contributed by atoms with van der Waals surface area (Å²) in [6, 6.07) is 8.36. The molecule has 0 saturated carbocycles. The highest BCUT2D eigenvalue weighted by molar-refractivity contribution is 6.12. The second-order valence-electron chi connectivity index (χ2n) is 5.91. The molecule has 3 aromatic rings. The first kappa shape index (κ1) is 16.2. The van der Waals surface area contributed by atoms with Gasteiger partial charge in [-0.25, -0.2) is 4.39 Å². The van der Waals surface area contributed by atoms with E-state index in [1.807, 2.05) is 6.92 Å². The van der Waals surface area contributed by atoms with Gasteiger partial charge in [-0.2, -0.15) is 0 Å². The molecule has 0 saturated heterocycles. The van der Waals surface area contributed by atoms with Gasteiger partial charge >= 0.3 is 0 Å². The van der Waals surface area contributed by atoms with E-state index in [1.54, 1.807) is 4.40 Å². The van der Waals surface area contributed by atoms with Gasteiger partial charge in [-0.1, -0.05) is 13.3 Å². The molecule has 124 valence electrons. The van der Waals surface area contributed by atoms with Crippen molar-refractivity contribution in [1.29, 1.82) is 0 Å². The quantitative estimate of drug-likeness (QED) is 0.728. The van der Waals surface area contributed by atoms with Crippen LogP contribution < -0.4 is 5.56 Å². The summed E-state index contributed by atoms with van der Waals surface area (Å²) in [5.74, 6) is -0.630. The topological polar surface area (TPSA) is 54.3 Å². The first-order valence-corrected chi connectivity index (χ1v) is 8.06. The molecule has 0 fully saturated rings. The molecule has 5 heteroatoms. The Balaban J connectivity index is 2.16. The molecule has 0 aliphatic rings. The number of carbonyl (C=O) groups excluding carboxylic acids is 1. The maximum absolute atomic E-state index is 13.1. The Labute approximate surface area is 139 Å². The Hall–Kier alpha value is -2.69. The molecule has 0 spiro atoms. The Bertz CT molecular complexity index is 952. The van der Waals surface area contributed by atoms with Gasteiger partial charge < -0.3 is 4.98 Å². The summed E-state index contributed by atoms with van der Waals surface area (Å²) < 4.78 is 14.7. The molecule has 2 heterocycles. The summed E-state index contributed by atoms with van der Waals surface area (Å²) in [5.41, 5.74) is 2.94. The fraction of sp³-hybridized carbons (Fsp3) is 0.263. The van der Waals surface area contributed by atoms with E-state index < -0.39 is 5.82 Å². The third-order valence-electron chi connectivity index (χ3n) is 4.22. The first-order valence-electron chi connectivity index (χ1n) is 8.06. The van der Waals surface area contributed by atoms with Crippen LogP contribution in [0.4, 0.5) is 4.39 Å². The molecule has 0 radical (unpaired) electrons. The number of pyridine rings is 1. The van der Waals surface area contributed by atoms with E-state index in [0.717, 1.165) is 30.7 Å². The number of carbonyl (C=O) groups is 1. The van der Waals surface area contributed by atoms with Gasteiger partial charge in [0.05, 0.1) is 5.56 Å². The van der Waals surface area contributed by atoms with E-state index in [-0.39, 0.29) is 11.3 Å². The number of hydrogen-bond acceptors (Lipinski definition) is 2. The molecular weight excluding hydrogens is 307 g/mol. The SMILES string of the molecule is CCCCc1c(C)[nH]c2c(C(=O)c3ccc(F)cc3)ccc(=O)n12. The minimum Gasteiger partial charge on any atom is -0.343 e. The van der Waals surface area contributed by atoms with E-state index in [9.17, 15) is 14.0 Å². The Morgan fingerprint density at radius 2 is 1.88 bits per heavy atom. The summed E-state index contributed by atoms with van der Waals surface area (Å²) in [4.78, 5) is 28.2. The maximum atomic E-state index is 13.1. The van der Waals surface area contributed by atoms with Gasteiger partial charge in [0.2, 0.25) is 0 Å². The molecule has 2 aromatic heterocycles. The lowest BCUT2D eigenvalue weighted by atomic mass is 10.0. The second kappa shape index (κ2) is 6.43. The molecule has 0 aliphatic heterocycles. The predicted octanol–water partition coefficient (Wildman–Crippen LogP) is 3.65. The average molecular weight is 326 g/mol. The van der Waals surface area contributed by atoms with Crippen molar-refractivity contribution >= 4 is 11.4 Å². The van der Waals surface area contributed by atoms with Gasteiger partial charge in [-0.3, -0.25) is 14.0 Å². The number of nitrogens with one attached hydrogen (secondary N) is 1. The highest BCUT2D eigenvalue weighted by atomic mass is 19.1. The third-order valence-corrected chi connectivity index (χ3v) is 4.22. The van der Waals surface area contributed by atoms with Gasteiger partial charge in [0.25, 0.3) is 5.56 Å². The van der Waals surface area contributed by atoms with Crippen LogP contribution in [-0.4, -0.2) is 15.2 Å². The lowest BCUT2D eigenvalue weighted by Crippen LogP contribution is -2.17. The van der Waals surface area contributed by atoms with E-state index in [2.05, 4.69) is 11.9 Å². The average Bonchev–Trinajstić information content (AvgIpc) is 2.90. The number of aryl methyl sites for hydroxylation is 2. The minimum absolute atomic E-state index is 0.156. The molecular formula is C19H19FN2O2. The fourth-order valence-electron chi connectivity index (χ4n) is 2.93. The molecule has 0 aliphatic carbocycles. The zero-order chi connectivity index (χ0) is 17.3. The largest absolute Gasteiger partial charge is 0.343 e. The number of aromatic nitrogens is 2. The van der Waals surface area contributed by atoms with Crippen LogP contribution in [0.2, 0.25) is 0 Å². The zero-order valence-corrected chi connectivity index (χ0v) is 13.7. The van der Waals surface area contributed by atoms with Gasteiger partial charge in [0, 0.05) is 23.0 Å². The molecule has 0 atom stereocenters. The standard InChI is InChI=1S/C19H19FN2O2/c1-3-4-5-16-12(2)21-19-15(10-11-17(23)22(16)19)18(24)13-6-8-14(20)9-7-13/h6-11,21H,3-5H2,1-2H3. The molecule has 0 unspecified atom stereocenters. The predicted molar refractivity (Wildman–Crippen MR) is 91.2 cm³/mol. The van der Waals surface area contributed by atoms with Crippen LogP contribution in [0, 0.1) is 12.7 Å². The van der Waals surface area contributed by atoms with Gasteiger partial charge in [-0.05, 0) is 50.1 Å². The number of rotatable bonds is 5. The van der Waals surface area contributed by atoms with E-state index in [4.69, 9.17) is 0 Å². The number of fused-ring (bicyclic) bond motifs is 1. The van der Waals surface area contributed by atoms with Crippen molar-refractivity contribution < 1.29 is 9.18 Å². The number of benzene rings is 1. The normalized spacial score (nSPS) is 11.1. The van der Waals surface area contributed by atoms with Crippen LogP contribution in [0.1, 0.15) is 47.1 Å². The van der Waals surface area contributed by atoms with Crippen molar-refractivity contribution in [3.63, 3.8) is 0 Å². The highest BCUT2D eigenvalue weighted by Gasteiger charge is 2.18. The van der Waals surface area contributed by atoms with Gasteiger partial charge in [0.15, 0.2) is 5.78 Å². The Kier molecular flexibility index (Phi) is 4.34. The van der Waals surface area contributed by atoms with Crippen LogP contribution in [0.25, 0.3) is 5.65 Å². The number of nitrogens with zero attached hydrogens (tertiary/aromatic N) is 1. The first-order chi connectivity index (χ1) is 11.5. The molecule has 24 heavy (non-hydrogen) atoms. The molecule has 4 nitrogen and oxygen atoms in total. The lowest BCUT2D eigenvalue weighted by molar-refractivity contribution is 0.103. The fourth-order valence-corrected chi connectivity index (χ4v) is 2.93. The van der Waals surface area contributed by atoms with Crippen molar-refractivity contribution in [2.24, 2.45) is 0 Å². The van der Waals surface area contributed by atoms with Crippen LogP contribution in [0.3, 0.4) is 0 Å². The third kappa shape index (κ3) is 2.77. The number of halogens is 1. The smallest absolute Gasteiger partial charge is 0.256 e. The molecule has 0 bridgehead atoms. The summed E-state index contributed by atoms with van der Waals surface area (Å²) in [7, 11) is 0. The highest BCUT2D eigenvalue weighted by Crippen LogP contribution is 2.19. The molecule has 3 rings (SSSR count). The van der Waals surface area contributed by atoms with Crippen molar-refractivity contribution in [3.8, 4) is 0 Å². The monoisotopic (exact) mass is 326 g/mol. The summed E-state index contributed by atoms with van der Waals surface area (Å²) in [5, 5.41) is 0. The zero-order valence-electron chi connectivity index (χ0n) is 13.7. The minimum atomic E-state index is -0.390. The van der Waals surface area contributed by atoms with Crippen molar-refractivity contribution in [1.82, 2.24) is 9.38 Å². The van der Waals surface area contributed by atoms with Gasteiger partial charge in [-0.15, -0.1) is 0 Å². The molecule has 1 aromatic carbocycles. The summed E-state index contributed by atoms with van der Waals surface area (Å²) >= 11 is 0. The van der Waals surface area contributed by atoms with Gasteiger partial charge in [0.1, 0.15) is 11.5 Å². The van der Waals surface area contributed by atoms with Crippen molar-refractivity contribution in [2.75, 3.05) is 0 Å². The number of H-pyrrole nitrogens is 1. The van der Waals surface area contributed by atoms with Crippen LogP contribution in [-0.2, 0) is 6.42 Å². The summed E-state index contributed by atoms with van der Waals surface area (Å²) in [6.07, 6.45) is 2.77. The van der Waals surface area contributed by atoms with Crippen molar-refractivity contribution in [2.45, 2.75) is 33.1 Å². The maximum Gasteiger partial charge on any atom is 0.256 e. The van der Waals surface area contributed by atoms with E-state index >= 15 is 0 Å². The number of imidazole rings is 1. The Morgan fingerprint density at radius 1 is 1.17 bits per heavy atom. The number of aromatic amines is 1. The number of ketones is 1. The van der Waals surface area contributed by atoms with E-state index in [1.165, 1.54) is 36.4 Å². The van der Waals surface area contributed by atoms with Crippen LogP contribution >= 0.6 is 0 Å². The number of hydrogen-bond donors (Lipinski definition) is 1. The lowest BCUT2D eigenvalue weighted by Gasteiger charge is -2.05. The number of unbranched alkanes of at least 4 members (excludes halogenated alkanes) is 1. The second-order valence-corrected chi connectivity index (χ2v) is 5.91.